The number of amides is 1. The van der Waals surface area contributed by atoms with Gasteiger partial charge in [-0.3, -0.25) is 4.79 Å². The third-order valence-electron chi connectivity index (χ3n) is 4.03. The molecule has 2 aromatic rings. The summed E-state index contributed by atoms with van der Waals surface area (Å²) in [6.45, 7) is 3.43. The van der Waals surface area contributed by atoms with E-state index in [2.05, 4.69) is 22.3 Å². The Kier molecular flexibility index (Phi) is 6.79. The zero-order chi connectivity index (χ0) is 20.1. The zero-order valence-electron chi connectivity index (χ0n) is 16.7. The van der Waals surface area contributed by atoms with Crippen molar-refractivity contribution in [1.82, 2.24) is 15.4 Å². The number of benzene rings is 1. The number of nitrogens with zero attached hydrogens (tertiary/aromatic N) is 3. The van der Waals surface area contributed by atoms with Crippen molar-refractivity contribution >= 4 is 11.7 Å². The van der Waals surface area contributed by atoms with E-state index in [1.807, 2.05) is 14.1 Å². The van der Waals surface area contributed by atoms with Crippen molar-refractivity contribution in [3.63, 3.8) is 0 Å². The lowest BCUT2D eigenvalue weighted by molar-refractivity contribution is 0.0946. The molecule has 1 N–H and O–H groups in total. The summed E-state index contributed by atoms with van der Waals surface area (Å²) in [5, 5.41) is 6.95. The highest BCUT2D eigenvalue weighted by molar-refractivity contribution is 6.04. The predicted molar refractivity (Wildman–Crippen MR) is 103 cm³/mol. The van der Waals surface area contributed by atoms with E-state index in [0.717, 1.165) is 6.54 Å². The van der Waals surface area contributed by atoms with Gasteiger partial charge in [-0.25, -0.2) is 4.39 Å². The van der Waals surface area contributed by atoms with Gasteiger partial charge in [-0.1, -0.05) is 12.1 Å². The van der Waals surface area contributed by atoms with E-state index in [1.165, 1.54) is 25.3 Å². The molecule has 148 valence electrons. The van der Waals surface area contributed by atoms with Gasteiger partial charge < -0.3 is 24.4 Å². The van der Waals surface area contributed by atoms with E-state index in [1.54, 1.807) is 19.0 Å². The van der Waals surface area contributed by atoms with Gasteiger partial charge in [0.25, 0.3) is 5.91 Å². The van der Waals surface area contributed by atoms with Crippen LogP contribution in [0.5, 0.6) is 5.75 Å². The molecule has 27 heavy (non-hydrogen) atoms. The summed E-state index contributed by atoms with van der Waals surface area (Å²) in [6.07, 6.45) is 0. The van der Waals surface area contributed by atoms with Crippen LogP contribution in [-0.4, -0.2) is 64.4 Å². The molecule has 8 heteroatoms. The standard InChI is InChI=1S/C19H27FN4O3/c1-12(11-23(2)3)10-21-19(25)16-17(27-22-18(16)24(4)5)13-7-8-14(20)15(9-13)26-6/h7-9,12H,10-11H2,1-6H3,(H,21,25). The number of hydrogen-bond acceptors (Lipinski definition) is 6. The molecule has 1 unspecified atom stereocenters. The highest BCUT2D eigenvalue weighted by Crippen LogP contribution is 2.33. The second-order valence-electron chi connectivity index (χ2n) is 7.03. The molecular weight excluding hydrogens is 351 g/mol. The molecule has 2 rings (SSSR count). The lowest BCUT2D eigenvalue weighted by atomic mass is 10.1. The van der Waals surface area contributed by atoms with E-state index >= 15 is 0 Å². The van der Waals surface area contributed by atoms with Crippen molar-refractivity contribution in [2.24, 2.45) is 5.92 Å². The lowest BCUT2D eigenvalue weighted by Crippen LogP contribution is -2.33. The smallest absolute Gasteiger partial charge is 0.259 e. The van der Waals surface area contributed by atoms with Gasteiger partial charge in [0, 0.05) is 32.7 Å². The monoisotopic (exact) mass is 378 g/mol. The highest BCUT2D eigenvalue weighted by atomic mass is 19.1. The van der Waals surface area contributed by atoms with Gasteiger partial charge >= 0.3 is 0 Å². The van der Waals surface area contributed by atoms with E-state index in [0.29, 0.717) is 23.5 Å². The molecule has 1 aromatic heterocycles. The molecule has 1 aromatic carbocycles. The second-order valence-corrected chi connectivity index (χ2v) is 7.03. The molecule has 0 saturated heterocycles. The van der Waals surface area contributed by atoms with E-state index in [9.17, 15) is 9.18 Å². The summed E-state index contributed by atoms with van der Waals surface area (Å²) >= 11 is 0. The molecule has 1 heterocycles. The van der Waals surface area contributed by atoms with Gasteiger partial charge in [0.15, 0.2) is 23.1 Å². The maximum absolute atomic E-state index is 13.7. The van der Waals surface area contributed by atoms with Gasteiger partial charge in [-0.05, 0) is 38.2 Å². The molecule has 0 saturated carbocycles. The molecule has 1 atom stereocenters. The number of carbonyl (C=O) groups excluding carboxylic acids is 1. The Morgan fingerprint density at radius 1 is 1.33 bits per heavy atom. The van der Waals surface area contributed by atoms with Crippen molar-refractivity contribution in [1.29, 1.82) is 0 Å². The van der Waals surface area contributed by atoms with Crippen molar-refractivity contribution < 1.29 is 18.4 Å². The van der Waals surface area contributed by atoms with E-state index < -0.39 is 5.82 Å². The first kappa shape index (κ1) is 20.7. The number of ether oxygens (including phenoxy) is 1. The van der Waals surface area contributed by atoms with E-state index in [4.69, 9.17) is 9.26 Å². The van der Waals surface area contributed by atoms with Gasteiger partial charge in [0.1, 0.15) is 5.56 Å². The Morgan fingerprint density at radius 2 is 2.04 bits per heavy atom. The Bertz CT molecular complexity index is 789. The molecular formula is C19H27FN4O3. The number of aromatic nitrogens is 1. The summed E-state index contributed by atoms with van der Waals surface area (Å²) < 4.78 is 24.2. The molecule has 0 bridgehead atoms. The van der Waals surface area contributed by atoms with Crippen molar-refractivity contribution in [2.45, 2.75) is 6.92 Å². The first-order chi connectivity index (χ1) is 12.7. The van der Waals surface area contributed by atoms with Crippen LogP contribution in [0.3, 0.4) is 0 Å². The number of hydrogen-bond donors (Lipinski definition) is 1. The molecule has 0 aliphatic rings. The third kappa shape index (κ3) is 4.97. The van der Waals surface area contributed by atoms with Gasteiger partial charge in [0.2, 0.25) is 0 Å². The van der Waals surface area contributed by atoms with Crippen LogP contribution >= 0.6 is 0 Å². The average molecular weight is 378 g/mol. The predicted octanol–water partition coefficient (Wildman–Crippen LogP) is 2.48. The molecule has 0 aliphatic heterocycles. The number of nitrogens with one attached hydrogen (secondary N) is 1. The van der Waals surface area contributed by atoms with Crippen molar-refractivity contribution in [3.8, 4) is 17.1 Å². The van der Waals surface area contributed by atoms with Crippen LogP contribution in [0, 0.1) is 11.7 Å². The van der Waals surface area contributed by atoms with Crippen molar-refractivity contribution in [3.05, 3.63) is 29.6 Å². The largest absolute Gasteiger partial charge is 0.494 e. The fraction of sp³-hybridized carbons (Fsp3) is 0.474. The van der Waals surface area contributed by atoms with Crippen LogP contribution in [0.2, 0.25) is 0 Å². The minimum atomic E-state index is -0.489. The molecule has 0 radical (unpaired) electrons. The van der Waals surface area contributed by atoms with Crippen molar-refractivity contribution in [2.75, 3.05) is 53.3 Å². The maximum atomic E-state index is 13.7. The Hall–Kier alpha value is -2.61. The third-order valence-corrected chi connectivity index (χ3v) is 4.03. The normalized spacial score (nSPS) is 12.1. The molecule has 0 aliphatic carbocycles. The number of halogens is 1. The minimum absolute atomic E-state index is 0.0706. The van der Waals surface area contributed by atoms with Crippen LogP contribution < -0.4 is 15.0 Å². The summed E-state index contributed by atoms with van der Waals surface area (Å²) in [7, 11) is 8.91. The Labute approximate surface area is 159 Å². The first-order valence-electron chi connectivity index (χ1n) is 8.68. The molecule has 0 fully saturated rings. The maximum Gasteiger partial charge on any atom is 0.259 e. The Morgan fingerprint density at radius 3 is 2.63 bits per heavy atom. The number of methoxy groups -OCH3 is 1. The van der Waals surface area contributed by atoms with Gasteiger partial charge in [-0.2, -0.15) is 0 Å². The molecule has 7 nitrogen and oxygen atoms in total. The number of anilines is 1. The second kappa shape index (κ2) is 8.85. The summed E-state index contributed by atoms with van der Waals surface area (Å²) in [4.78, 5) is 16.6. The van der Waals surface area contributed by atoms with Crippen LogP contribution in [0.25, 0.3) is 11.3 Å². The molecule has 1 amide bonds. The van der Waals surface area contributed by atoms with Crippen LogP contribution in [0.4, 0.5) is 10.2 Å². The van der Waals surface area contributed by atoms with Gasteiger partial charge in [0.05, 0.1) is 7.11 Å². The average Bonchev–Trinajstić information content (AvgIpc) is 3.05. The quantitative estimate of drug-likeness (QED) is 0.761. The van der Waals surface area contributed by atoms with Gasteiger partial charge in [-0.15, -0.1) is 0 Å². The fourth-order valence-electron chi connectivity index (χ4n) is 2.83. The zero-order valence-corrected chi connectivity index (χ0v) is 16.7. The molecule has 0 spiro atoms. The van der Waals surface area contributed by atoms with E-state index in [-0.39, 0.29) is 23.3 Å². The van der Waals surface area contributed by atoms with Crippen LogP contribution in [0.1, 0.15) is 17.3 Å². The number of carbonyl (C=O) groups is 1. The lowest BCUT2D eigenvalue weighted by Gasteiger charge is -2.18. The minimum Gasteiger partial charge on any atom is -0.494 e. The summed E-state index contributed by atoms with van der Waals surface area (Å²) in [6, 6.07) is 4.29. The first-order valence-corrected chi connectivity index (χ1v) is 8.68. The highest BCUT2D eigenvalue weighted by Gasteiger charge is 2.26. The SMILES string of the molecule is COc1cc(-c2onc(N(C)C)c2C(=O)NCC(C)CN(C)C)ccc1F. The number of rotatable bonds is 8. The van der Waals surface area contributed by atoms with Crippen LogP contribution in [-0.2, 0) is 0 Å². The summed E-state index contributed by atoms with van der Waals surface area (Å²) in [5.41, 5.74) is 0.825. The topological polar surface area (TPSA) is 70.8 Å². The van der Waals surface area contributed by atoms with Crippen LogP contribution in [0.15, 0.2) is 22.7 Å². The fourth-order valence-corrected chi connectivity index (χ4v) is 2.83. The Balaban J connectivity index is 2.34. The summed E-state index contributed by atoms with van der Waals surface area (Å²) in [5.74, 6) is 0.254.